The molecule has 0 radical (unpaired) electrons. The molecule has 0 heteroatoms. The third kappa shape index (κ3) is 9.78. The fourth-order valence-electron chi connectivity index (χ4n) is 16.7. The van der Waals surface area contributed by atoms with Crippen molar-refractivity contribution in [1.82, 2.24) is 0 Å². The van der Waals surface area contributed by atoms with Crippen LogP contribution < -0.4 is 0 Å². The fourth-order valence-corrected chi connectivity index (χ4v) is 16.7. The highest BCUT2D eigenvalue weighted by atomic mass is 14.5. The number of hydrogen-bond donors (Lipinski definition) is 0. The minimum atomic E-state index is 0.606. The van der Waals surface area contributed by atoms with Crippen molar-refractivity contribution in [2.24, 2.45) is 33.5 Å². The third-order valence-corrected chi connectivity index (χ3v) is 20.9. The molecule has 346 valence electrons. The zero-order valence-corrected chi connectivity index (χ0v) is 40.9. The Balaban J connectivity index is 0.0000000903. The van der Waals surface area contributed by atoms with E-state index < -0.39 is 0 Å². The van der Waals surface area contributed by atoms with Crippen LogP contribution in [0.5, 0.6) is 0 Å². The number of fused-ring (bicyclic) bond motifs is 6. The van der Waals surface area contributed by atoms with Crippen molar-refractivity contribution in [3.05, 3.63) is 142 Å². The Bertz CT molecular complexity index is 2130. The van der Waals surface area contributed by atoms with Gasteiger partial charge in [0.05, 0.1) is 0 Å². The van der Waals surface area contributed by atoms with E-state index in [9.17, 15) is 0 Å². The van der Waals surface area contributed by atoms with Crippen LogP contribution in [0.4, 0.5) is 0 Å². The van der Waals surface area contributed by atoms with Gasteiger partial charge in [0.25, 0.3) is 0 Å². The third-order valence-electron chi connectivity index (χ3n) is 20.9. The van der Waals surface area contributed by atoms with E-state index in [4.69, 9.17) is 0 Å². The zero-order valence-electron chi connectivity index (χ0n) is 40.9. The van der Waals surface area contributed by atoms with Crippen molar-refractivity contribution in [3.63, 3.8) is 0 Å². The summed E-state index contributed by atoms with van der Waals surface area (Å²) in [5, 5.41) is 0. The molecule has 0 aliphatic heterocycles. The van der Waals surface area contributed by atoms with Crippen LogP contribution in [-0.2, 0) is 50.4 Å². The van der Waals surface area contributed by atoms with Crippen molar-refractivity contribution in [1.29, 1.82) is 0 Å². The zero-order chi connectivity index (χ0) is 43.6. The molecule has 0 saturated heterocycles. The van der Waals surface area contributed by atoms with Crippen LogP contribution in [0, 0.1) is 33.5 Å². The first kappa shape index (κ1) is 44.4. The Morgan fingerprint density at radius 3 is 1.25 bits per heavy atom. The number of rotatable bonds is 0. The Kier molecular flexibility index (Phi) is 13.1. The molecular formula is C65H86. The van der Waals surface area contributed by atoms with Crippen LogP contribution in [0.15, 0.2) is 97.1 Å². The van der Waals surface area contributed by atoms with Gasteiger partial charge in [0.1, 0.15) is 0 Å². The molecule has 4 aromatic carbocycles. The monoisotopic (exact) mass is 867 g/mol. The summed E-state index contributed by atoms with van der Waals surface area (Å²) in [5.74, 6) is 2.34. The normalized spacial score (nSPS) is 27.4. The maximum atomic E-state index is 2.38. The largest absolute Gasteiger partial charge is 0.0620 e. The lowest BCUT2D eigenvalue weighted by molar-refractivity contribution is 0.111. The van der Waals surface area contributed by atoms with E-state index in [1.807, 2.05) is 0 Å². The van der Waals surface area contributed by atoms with Gasteiger partial charge in [0.2, 0.25) is 0 Å². The summed E-state index contributed by atoms with van der Waals surface area (Å²) in [7, 11) is 0. The highest BCUT2D eigenvalue weighted by Crippen LogP contribution is 2.61. The van der Waals surface area contributed by atoms with Gasteiger partial charge in [-0.1, -0.05) is 174 Å². The first-order chi connectivity index (χ1) is 31.9. The number of benzene rings is 4. The minimum Gasteiger partial charge on any atom is -0.0620 e. The molecular weight excluding hydrogens is 781 g/mol. The summed E-state index contributed by atoms with van der Waals surface area (Å²) in [6.45, 7) is 0. The van der Waals surface area contributed by atoms with Gasteiger partial charge in [-0.05, 0) is 225 Å². The SMILES string of the molecule is C1CC2CCC3(CC3)CC2C1.c1ccc2c(c1)CC1(CCCC1)C2.c1ccc2c(c1)CC1(CCCCC1)C2.c1ccc2c(c1)CCC1(CCC1)C2.c1ccc2c(c1)CCC21CCCCC1. The van der Waals surface area contributed by atoms with Crippen molar-refractivity contribution in [3.8, 4) is 0 Å². The van der Waals surface area contributed by atoms with E-state index in [-0.39, 0.29) is 0 Å². The van der Waals surface area contributed by atoms with Crippen molar-refractivity contribution < 1.29 is 0 Å². The predicted molar refractivity (Wildman–Crippen MR) is 275 cm³/mol. The smallest absolute Gasteiger partial charge is 0.00411 e. The molecule has 0 nitrogen and oxygen atoms in total. The Hall–Kier alpha value is -3.12. The molecule has 15 rings (SSSR count). The Morgan fingerprint density at radius 2 is 0.708 bits per heavy atom. The van der Waals surface area contributed by atoms with E-state index in [0.717, 1.165) is 10.8 Å². The average Bonchev–Trinajstić information content (AvgIpc) is 3.90. The first-order valence-corrected chi connectivity index (χ1v) is 28.2. The lowest BCUT2D eigenvalue weighted by atomic mass is 9.60. The molecule has 11 aliphatic rings. The van der Waals surface area contributed by atoms with E-state index in [2.05, 4.69) is 97.1 Å². The van der Waals surface area contributed by atoms with Crippen LogP contribution in [0.2, 0.25) is 0 Å². The summed E-state index contributed by atoms with van der Waals surface area (Å²) in [6.07, 6.45) is 50.0. The maximum Gasteiger partial charge on any atom is -0.00411 e. The molecule has 0 heterocycles. The molecule has 7 saturated carbocycles. The van der Waals surface area contributed by atoms with Gasteiger partial charge in [-0.2, -0.15) is 0 Å². The molecule has 4 aromatic rings. The van der Waals surface area contributed by atoms with Crippen LogP contribution in [0.25, 0.3) is 0 Å². The quantitative estimate of drug-likeness (QED) is 0.165. The molecule has 5 spiro atoms. The van der Waals surface area contributed by atoms with Crippen LogP contribution in [0.1, 0.15) is 218 Å². The van der Waals surface area contributed by atoms with Crippen molar-refractivity contribution >= 4 is 0 Å². The van der Waals surface area contributed by atoms with Gasteiger partial charge in [0.15, 0.2) is 0 Å². The second-order valence-corrected chi connectivity index (χ2v) is 25.0. The second kappa shape index (κ2) is 19.1. The molecule has 2 atom stereocenters. The summed E-state index contributed by atoms with van der Waals surface area (Å²) >= 11 is 0. The van der Waals surface area contributed by atoms with Crippen molar-refractivity contribution in [2.45, 2.75) is 224 Å². The molecule has 0 amide bonds. The minimum absolute atomic E-state index is 0.606. The molecule has 0 bridgehead atoms. The molecule has 11 aliphatic carbocycles. The van der Waals surface area contributed by atoms with Gasteiger partial charge in [-0.25, -0.2) is 0 Å². The Morgan fingerprint density at radius 1 is 0.277 bits per heavy atom. The van der Waals surface area contributed by atoms with E-state index in [1.54, 1.807) is 95.9 Å². The van der Waals surface area contributed by atoms with Gasteiger partial charge in [0, 0.05) is 0 Å². The van der Waals surface area contributed by atoms with E-state index >= 15 is 0 Å². The highest BCUT2D eigenvalue weighted by Gasteiger charge is 2.49. The summed E-state index contributed by atoms with van der Waals surface area (Å²) in [6, 6.07) is 36.2. The van der Waals surface area contributed by atoms with Gasteiger partial charge in [-0.3, -0.25) is 0 Å². The van der Waals surface area contributed by atoms with Crippen LogP contribution in [0.3, 0.4) is 0 Å². The van der Waals surface area contributed by atoms with Gasteiger partial charge >= 0.3 is 0 Å². The second-order valence-electron chi connectivity index (χ2n) is 25.0. The summed E-state index contributed by atoms with van der Waals surface area (Å²) < 4.78 is 0. The fraction of sp³-hybridized carbons (Fsp3) is 0.631. The molecule has 65 heavy (non-hydrogen) atoms. The predicted octanol–water partition coefficient (Wildman–Crippen LogP) is 17.6. The molecule has 7 fully saturated rings. The van der Waals surface area contributed by atoms with Gasteiger partial charge in [-0.15, -0.1) is 0 Å². The molecule has 0 aromatic heterocycles. The maximum absolute atomic E-state index is 2.38. The topological polar surface area (TPSA) is 0 Å². The molecule has 2 unspecified atom stereocenters. The van der Waals surface area contributed by atoms with E-state index in [0.29, 0.717) is 16.2 Å². The lowest BCUT2D eigenvalue weighted by Crippen LogP contribution is -2.35. The number of aryl methyl sites for hydroxylation is 2. The van der Waals surface area contributed by atoms with Crippen LogP contribution >= 0.6 is 0 Å². The van der Waals surface area contributed by atoms with Crippen LogP contribution in [-0.4, -0.2) is 0 Å². The highest BCUT2D eigenvalue weighted by molar-refractivity contribution is 5.40. The lowest BCUT2D eigenvalue weighted by Gasteiger charge is -2.45. The average molecular weight is 867 g/mol. The first-order valence-electron chi connectivity index (χ1n) is 28.2. The van der Waals surface area contributed by atoms with E-state index in [1.165, 1.54) is 179 Å². The number of hydrogen-bond acceptors (Lipinski definition) is 0. The molecule has 0 N–H and O–H groups in total. The standard InChI is InChI=1S/2C14H18.2C13H16.C11H18/c1-4-9-14(10-5-1)11-8-12-6-2-3-7-13(12)14;1-4-8-14(9-5-1)10-12-6-2-3-7-13(12)11-14;1-2-6-12-10-13(7-3-4-8-13)9-11(12)5-1;1-2-5-12-10-13(7-3-8-13)9-6-11(12)4-1;1-2-9-4-5-11(6-7-11)8-10(9)3-1/h2*2-3,6-7H,1,4-5,8-11H2;1-2,5-6H,3-4,7-10H2;1-2,4-5H,3,6-10H2;9-10H,1-8H2. The van der Waals surface area contributed by atoms with Gasteiger partial charge < -0.3 is 0 Å². The summed E-state index contributed by atoms with van der Waals surface area (Å²) in [5.41, 5.74) is 16.8. The van der Waals surface area contributed by atoms with Crippen molar-refractivity contribution in [2.75, 3.05) is 0 Å². The Labute approximate surface area is 397 Å². The summed E-state index contributed by atoms with van der Waals surface area (Å²) in [4.78, 5) is 0.